The second-order valence-electron chi connectivity index (χ2n) is 6.36. The summed E-state index contributed by atoms with van der Waals surface area (Å²) in [6.07, 6.45) is -1.66. The lowest BCUT2D eigenvalue weighted by atomic mass is 9.78. The van der Waals surface area contributed by atoms with E-state index in [1.165, 1.54) is 7.11 Å². The molecule has 3 rings (SSSR count). The van der Waals surface area contributed by atoms with Crippen LogP contribution in [0.5, 0.6) is 11.9 Å². The zero-order chi connectivity index (χ0) is 21.6. The maximum Gasteiger partial charge on any atom is 0.346 e. The molecule has 1 N–H and O–H groups in total. The van der Waals surface area contributed by atoms with Gasteiger partial charge in [-0.2, -0.15) is 4.98 Å². The molecule has 0 aliphatic heterocycles. The maximum atomic E-state index is 12.4. The van der Waals surface area contributed by atoms with E-state index in [1.807, 2.05) is 0 Å². The van der Waals surface area contributed by atoms with Crippen molar-refractivity contribution in [3.8, 4) is 11.9 Å². The Bertz CT molecular complexity index is 1030. The first-order valence-corrected chi connectivity index (χ1v) is 8.97. The van der Waals surface area contributed by atoms with Gasteiger partial charge in [0.05, 0.1) is 7.11 Å². The van der Waals surface area contributed by atoms with Crippen LogP contribution < -0.4 is 9.47 Å². The Labute approximate surface area is 172 Å². The number of carbonyl (C=O) groups is 1. The number of carboxylic acids is 1. The van der Waals surface area contributed by atoms with Crippen molar-refractivity contribution in [2.75, 3.05) is 7.11 Å². The third-order valence-electron chi connectivity index (χ3n) is 4.48. The largest absolute Gasteiger partial charge is 0.481 e. The Hall–Kier alpha value is -4.10. The van der Waals surface area contributed by atoms with Crippen LogP contribution in [0.3, 0.4) is 0 Å². The Morgan fingerprint density at radius 3 is 2.13 bits per heavy atom. The molecule has 0 bridgehead atoms. The highest BCUT2D eigenvalue weighted by Gasteiger charge is 2.48. The zero-order valence-corrected chi connectivity index (χ0v) is 16.3. The number of azide groups is 1. The number of carboxylic acid groups (broad SMARTS) is 1. The SMILES string of the molecule is COc1cc(C)nc(OC(C(=O)O)C(N=[N+]=[N-])(c2ccccc2)c2ccccc2)n1. The molecular weight excluding hydrogens is 386 g/mol. The van der Waals surface area contributed by atoms with Crippen molar-refractivity contribution in [2.24, 2.45) is 5.11 Å². The first-order valence-electron chi connectivity index (χ1n) is 8.97. The van der Waals surface area contributed by atoms with Gasteiger partial charge in [0.1, 0.15) is 5.54 Å². The van der Waals surface area contributed by atoms with Gasteiger partial charge < -0.3 is 14.6 Å². The number of nitrogens with zero attached hydrogens (tertiary/aromatic N) is 5. The van der Waals surface area contributed by atoms with Crippen molar-refractivity contribution in [1.29, 1.82) is 0 Å². The number of benzene rings is 2. The molecule has 30 heavy (non-hydrogen) atoms. The van der Waals surface area contributed by atoms with Gasteiger partial charge in [0, 0.05) is 16.7 Å². The van der Waals surface area contributed by atoms with Crippen LogP contribution in [-0.4, -0.2) is 34.3 Å². The van der Waals surface area contributed by atoms with E-state index in [1.54, 1.807) is 73.7 Å². The van der Waals surface area contributed by atoms with E-state index in [4.69, 9.17) is 9.47 Å². The first-order chi connectivity index (χ1) is 14.5. The highest BCUT2D eigenvalue weighted by molar-refractivity contribution is 5.77. The minimum absolute atomic E-state index is 0.205. The molecule has 0 aliphatic carbocycles. The second-order valence-corrected chi connectivity index (χ2v) is 6.36. The van der Waals surface area contributed by atoms with Gasteiger partial charge in [0.15, 0.2) is 0 Å². The molecular formula is C21H19N5O4. The molecule has 9 heteroatoms. The molecule has 0 fully saturated rings. The second kappa shape index (κ2) is 8.93. The van der Waals surface area contributed by atoms with E-state index in [0.717, 1.165) is 0 Å². The summed E-state index contributed by atoms with van der Waals surface area (Å²) in [4.78, 5) is 23.6. The van der Waals surface area contributed by atoms with Crippen LogP contribution in [-0.2, 0) is 10.3 Å². The number of aryl methyl sites for hydroxylation is 1. The van der Waals surface area contributed by atoms with E-state index in [0.29, 0.717) is 16.8 Å². The van der Waals surface area contributed by atoms with Crippen LogP contribution in [0.4, 0.5) is 0 Å². The number of aromatic nitrogens is 2. The third kappa shape index (κ3) is 4.01. The molecule has 0 saturated heterocycles. The third-order valence-corrected chi connectivity index (χ3v) is 4.48. The van der Waals surface area contributed by atoms with E-state index in [-0.39, 0.29) is 11.9 Å². The molecule has 3 aromatic rings. The Morgan fingerprint density at radius 1 is 1.10 bits per heavy atom. The summed E-state index contributed by atoms with van der Waals surface area (Å²) >= 11 is 0. The molecule has 2 aromatic carbocycles. The van der Waals surface area contributed by atoms with Crippen molar-refractivity contribution >= 4 is 5.97 Å². The number of ether oxygens (including phenoxy) is 2. The molecule has 0 radical (unpaired) electrons. The van der Waals surface area contributed by atoms with Gasteiger partial charge in [-0.25, -0.2) is 9.78 Å². The van der Waals surface area contributed by atoms with E-state index < -0.39 is 17.6 Å². The van der Waals surface area contributed by atoms with Crippen molar-refractivity contribution in [3.63, 3.8) is 0 Å². The highest BCUT2D eigenvalue weighted by Crippen LogP contribution is 2.39. The van der Waals surface area contributed by atoms with Crippen LogP contribution >= 0.6 is 0 Å². The quantitative estimate of drug-likeness (QED) is 0.344. The van der Waals surface area contributed by atoms with E-state index in [2.05, 4.69) is 20.0 Å². The summed E-state index contributed by atoms with van der Waals surface area (Å²) in [5.41, 5.74) is 9.10. The zero-order valence-electron chi connectivity index (χ0n) is 16.3. The van der Waals surface area contributed by atoms with Crippen LogP contribution in [0.2, 0.25) is 0 Å². The predicted molar refractivity (Wildman–Crippen MR) is 108 cm³/mol. The number of hydrogen-bond acceptors (Lipinski definition) is 6. The van der Waals surface area contributed by atoms with E-state index in [9.17, 15) is 15.4 Å². The Kier molecular flexibility index (Phi) is 6.14. The Balaban J connectivity index is 2.25. The van der Waals surface area contributed by atoms with Gasteiger partial charge >= 0.3 is 12.0 Å². The van der Waals surface area contributed by atoms with Crippen molar-refractivity contribution in [3.05, 3.63) is 94.0 Å². The van der Waals surface area contributed by atoms with Crippen LogP contribution in [0.1, 0.15) is 16.8 Å². The van der Waals surface area contributed by atoms with Crippen molar-refractivity contribution < 1.29 is 19.4 Å². The number of methoxy groups -OCH3 is 1. The molecule has 152 valence electrons. The van der Waals surface area contributed by atoms with Gasteiger partial charge in [0.2, 0.25) is 12.0 Å². The lowest BCUT2D eigenvalue weighted by Crippen LogP contribution is -2.48. The molecule has 0 saturated carbocycles. The predicted octanol–water partition coefficient (Wildman–Crippen LogP) is 3.88. The normalized spacial score (nSPS) is 11.8. The summed E-state index contributed by atoms with van der Waals surface area (Å²) in [6, 6.07) is 18.6. The van der Waals surface area contributed by atoms with Crippen LogP contribution in [0.25, 0.3) is 10.4 Å². The van der Waals surface area contributed by atoms with Crippen LogP contribution in [0.15, 0.2) is 71.8 Å². The topological polar surface area (TPSA) is 130 Å². The van der Waals surface area contributed by atoms with Crippen LogP contribution in [0, 0.1) is 6.92 Å². The lowest BCUT2D eigenvalue weighted by Gasteiger charge is -2.34. The minimum atomic E-state index is -1.72. The van der Waals surface area contributed by atoms with E-state index >= 15 is 0 Å². The maximum absolute atomic E-state index is 12.4. The summed E-state index contributed by atoms with van der Waals surface area (Å²) in [5.74, 6) is -1.13. The fourth-order valence-electron chi connectivity index (χ4n) is 3.18. The lowest BCUT2D eigenvalue weighted by molar-refractivity contribution is -0.148. The molecule has 1 unspecified atom stereocenters. The highest BCUT2D eigenvalue weighted by atomic mass is 16.5. The molecule has 0 spiro atoms. The average molecular weight is 405 g/mol. The van der Waals surface area contributed by atoms with Gasteiger partial charge in [-0.1, -0.05) is 65.8 Å². The first kappa shape index (κ1) is 20.6. The van der Waals surface area contributed by atoms with Gasteiger partial charge in [0.25, 0.3) is 0 Å². The Morgan fingerprint density at radius 2 is 1.67 bits per heavy atom. The van der Waals surface area contributed by atoms with Crippen molar-refractivity contribution in [1.82, 2.24) is 9.97 Å². The fraction of sp³-hybridized carbons (Fsp3) is 0.190. The number of hydrogen-bond donors (Lipinski definition) is 1. The molecule has 0 aliphatic rings. The number of rotatable bonds is 8. The van der Waals surface area contributed by atoms with Gasteiger partial charge in [-0.3, -0.25) is 0 Å². The fourth-order valence-corrected chi connectivity index (χ4v) is 3.18. The monoisotopic (exact) mass is 405 g/mol. The molecule has 9 nitrogen and oxygen atoms in total. The molecule has 1 heterocycles. The molecule has 1 aromatic heterocycles. The summed E-state index contributed by atoms with van der Waals surface area (Å²) in [5, 5.41) is 14.1. The standard InChI is InChI=1S/C21H19N5O4/c1-14-13-17(29-2)24-20(23-14)30-18(19(27)28)21(25-26-22,15-9-5-3-6-10-15)16-11-7-4-8-12-16/h3-13,18H,1-2H3,(H,27,28). The average Bonchev–Trinajstić information content (AvgIpc) is 2.76. The summed E-state index contributed by atoms with van der Waals surface area (Å²) < 4.78 is 10.9. The minimum Gasteiger partial charge on any atom is -0.481 e. The number of aliphatic carboxylic acids is 1. The van der Waals surface area contributed by atoms with Crippen molar-refractivity contribution in [2.45, 2.75) is 18.6 Å². The van der Waals surface area contributed by atoms with Gasteiger partial charge in [-0.15, -0.1) is 0 Å². The molecule has 1 atom stereocenters. The summed E-state index contributed by atoms with van der Waals surface area (Å²) in [6.45, 7) is 1.70. The smallest absolute Gasteiger partial charge is 0.346 e. The van der Waals surface area contributed by atoms with Gasteiger partial charge in [-0.05, 0) is 23.6 Å². The molecule has 0 amide bonds. The summed E-state index contributed by atoms with van der Waals surface area (Å²) in [7, 11) is 1.43.